The molecule has 0 aliphatic carbocycles. The number of nitrogens with two attached hydrogens (primary N) is 1. The van der Waals surface area contributed by atoms with E-state index in [0.717, 1.165) is 29.7 Å². The Bertz CT molecular complexity index is 608. The molecule has 4 heteroatoms. The fourth-order valence-corrected chi connectivity index (χ4v) is 3.20. The third-order valence-electron chi connectivity index (χ3n) is 4.02. The summed E-state index contributed by atoms with van der Waals surface area (Å²) in [5, 5.41) is 1.16. The van der Waals surface area contributed by atoms with Gasteiger partial charge in [-0.3, -0.25) is 4.98 Å². The topological polar surface area (TPSA) is 45.4 Å². The molecule has 1 saturated heterocycles. The highest BCUT2D eigenvalue weighted by Crippen LogP contribution is 2.36. The molecule has 0 spiro atoms. The van der Waals surface area contributed by atoms with E-state index in [0.29, 0.717) is 6.04 Å². The molecule has 1 aromatic carbocycles. The smallest absolute Gasteiger partial charge is 0.0745 e. The first-order valence-electron chi connectivity index (χ1n) is 7.21. The fourth-order valence-electron chi connectivity index (χ4n) is 3.20. The zero-order chi connectivity index (χ0) is 14.1. The third-order valence-corrected chi connectivity index (χ3v) is 4.02. The third kappa shape index (κ3) is 2.31. The maximum Gasteiger partial charge on any atom is 0.0745 e. The van der Waals surface area contributed by atoms with Crippen molar-refractivity contribution in [2.24, 2.45) is 0 Å². The molecule has 20 heavy (non-hydrogen) atoms. The van der Waals surface area contributed by atoms with Crippen LogP contribution in [0.4, 0.5) is 11.4 Å². The Kier molecular flexibility index (Phi) is 3.49. The van der Waals surface area contributed by atoms with Crippen molar-refractivity contribution < 1.29 is 0 Å². The van der Waals surface area contributed by atoms with Gasteiger partial charge in [-0.05, 0) is 33.0 Å². The number of nitrogens with zero attached hydrogens (tertiary/aromatic N) is 3. The number of hydrogen-bond donors (Lipinski definition) is 1. The highest BCUT2D eigenvalue weighted by atomic mass is 15.2. The van der Waals surface area contributed by atoms with Crippen LogP contribution in [0.1, 0.15) is 12.8 Å². The molecule has 0 radical (unpaired) electrons. The predicted molar refractivity (Wildman–Crippen MR) is 85.1 cm³/mol. The number of aromatic nitrogens is 1. The second-order valence-corrected chi connectivity index (χ2v) is 5.83. The van der Waals surface area contributed by atoms with Gasteiger partial charge in [0.15, 0.2) is 0 Å². The maximum absolute atomic E-state index is 6.24. The van der Waals surface area contributed by atoms with Crippen molar-refractivity contribution in [3.05, 3.63) is 30.5 Å². The molecule has 0 saturated carbocycles. The first-order chi connectivity index (χ1) is 9.66. The number of nitrogen functional groups attached to an aromatic ring is 1. The Hall–Kier alpha value is -1.81. The van der Waals surface area contributed by atoms with E-state index in [1.54, 1.807) is 6.20 Å². The lowest BCUT2D eigenvalue weighted by molar-refractivity contribution is 0.372. The van der Waals surface area contributed by atoms with Crippen molar-refractivity contribution in [1.82, 2.24) is 9.88 Å². The van der Waals surface area contributed by atoms with Crippen molar-refractivity contribution >= 4 is 22.3 Å². The number of fused-ring (bicyclic) bond motifs is 1. The molecule has 1 fully saturated rings. The summed E-state index contributed by atoms with van der Waals surface area (Å²) in [6, 6.07) is 8.80. The lowest BCUT2D eigenvalue weighted by Crippen LogP contribution is -2.38. The van der Waals surface area contributed by atoms with Gasteiger partial charge in [0.1, 0.15) is 0 Å². The molecular weight excluding hydrogens is 248 g/mol. The summed E-state index contributed by atoms with van der Waals surface area (Å²) < 4.78 is 0. The standard InChI is InChI=1S/C16H22N4/c1-19(2)11-12-6-5-9-20(12)16-13-7-3-4-8-15(13)18-10-14(16)17/h3-4,7-8,10,12H,5-6,9,11,17H2,1-2H3. The quantitative estimate of drug-likeness (QED) is 0.930. The zero-order valence-corrected chi connectivity index (χ0v) is 12.2. The molecule has 1 atom stereocenters. The first kappa shape index (κ1) is 13.2. The molecule has 4 nitrogen and oxygen atoms in total. The van der Waals surface area contributed by atoms with E-state index < -0.39 is 0 Å². The van der Waals surface area contributed by atoms with Gasteiger partial charge >= 0.3 is 0 Å². The number of likely N-dealkylation sites (N-methyl/N-ethyl adjacent to an activating group) is 1. The molecule has 1 unspecified atom stereocenters. The van der Waals surface area contributed by atoms with Crippen LogP contribution in [0.3, 0.4) is 0 Å². The molecule has 0 bridgehead atoms. The fraction of sp³-hybridized carbons (Fsp3) is 0.438. The van der Waals surface area contributed by atoms with Crippen molar-refractivity contribution in [2.45, 2.75) is 18.9 Å². The molecule has 2 heterocycles. The number of para-hydroxylation sites is 1. The van der Waals surface area contributed by atoms with Crippen LogP contribution in [0.2, 0.25) is 0 Å². The maximum atomic E-state index is 6.24. The molecule has 106 valence electrons. The van der Waals surface area contributed by atoms with Crippen molar-refractivity contribution in [3.63, 3.8) is 0 Å². The van der Waals surface area contributed by atoms with Gasteiger partial charge in [0.25, 0.3) is 0 Å². The van der Waals surface area contributed by atoms with Crippen LogP contribution < -0.4 is 10.6 Å². The number of rotatable bonds is 3. The zero-order valence-electron chi connectivity index (χ0n) is 12.2. The predicted octanol–water partition coefficient (Wildman–Crippen LogP) is 2.35. The number of hydrogen-bond acceptors (Lipinski definition) is 4. The Labute approximate surface area is 120 Å². The Morgan fingerprint density at radius 1 is 1.35 bits per heavy atom. The summed E-state index contributed by atoms with van der Waals surface area (Å²) in [4.78, 5) is 9.16. The summed E-state index contributed by atoms with van der Waals surface area (Å²) in [6.45, 7) is 2.15. The van der Waals surface area contributed by atoms with Crippen molar-refractivity contribution in [1.29, 1.82) is 0 Å². The average molecular weight is 270 g/mol. The summed E-state index contributed by atoms with van der Waals surface area (Å²) in [6.07, 6.45) is 4.26. The van der Waals surface area contributed by atoms with Crippen LogP contribution in [-0.4, -0.2) is 43.1 Å². The first-order valence-corrected chi connectivity index (χ1v) is 7.21. The van der Waals surface area contributed by atoms with Gasteiger partial charge in [-0.25, -0.2) is 0 Å². The second kappa shape index (κ2) is 5.29. The number of anilines is 2. The minimum atomic E-state index is 0.540. The minimum Gasteiger partial charge on any atom is -0.396 e. The van der Waals surface area contributed by atoms with Gasteiger partial charge in [0.05, 0.1) is 23.1 Å². The number of pyridine rings is 1. The summed E-state index contributed by atoms with van der Waals surface area (Å²) in [7, 11) is 4.26. The van der Waals surface area contributed by atoms with E-state index in [1.165, 1.54) is 18.5 Å². The largest absolute Gasteiger partial charge is 0.396 e. The van der Waals surface area contributed by atoms with Crippen LogP contribution >= 0.6 is 0 Å². The van der Waals surface area contributed by atoms with E-state index in [4.69, 9.17) is 5.73 Å². The molecule has 2 N–H and O–H groups in total. The molecule has 1 aliphatic rings. The normalized spacial score (nSPS) is 19.1. The Morgan fingerprint density at radius 2 is 2.15 bits per heavy atom. The lowest BCUT2D eigenvalue weighted by atomic mass is 10.1. The lowest BCUT2D eigenvalue weighted by Gasteiger charge is -2.30. The van der Waals surface area contributed by atoms with Crippen LogP contribution in [0, 0.1) is 0 Å². The van der Waals surface area contributed by atoms with Gasteiger partial charge in [-0.1, -0.05) is 18.2 Å². The summed E-state index contributed by atoms with van der Waals surface area (Å²) in [5.74, 6) is 0. The Morgan fingerprint density at radius 3 is 2.95 bits per heavy atom. The molecule has 1 aliphatic heterocycles. The van der Waals surface area contributed by atoms with Gasteiger partial charge in [-0.2, -0.15) is 0 Å². The summed E-state index contributed by atoms with van der Waals surface area (Å²) >= 11 is 0. The van der Waals surface area contributed by atoms with Gasteiger partial charge in [0.2, 0.25) is 0 Å². The van der Waals surface area contributed by atoms with Gasteiger partial charge < -0.3 is 15.5 Å². The Balaban J connectivity index is 2.06. The highest BCUT2D eigenvalue weighted by molar-refractivity contribution is 5.97. The monoisotopic (exact) mass is 270 g/mol. The summed E-state index contributed by atoms with van der Waals surface area (Å²) in [5.41, 5.74) is 9.22. The second-order valence-electron chi connectivity index (χ2n) is 5.83. The van der Waals surface area contributed by atoms with Crippen LogP contribution in [0.15, 0.2) is 30.5 Å². The van der Waals surface area contributed by atoms with E-state index in [2.05, 4.69) is 47.1 Å². The average Bonchev–Trinajstić information content (AvgIpc) is 2.85. The van der Waals surface area contributed by atoms with Gasteiger partial charge in [0, 0.05) is 24.5 Å². The SMILES string of the molecule is CN(C)CC1CCCN1c1c(N)cnc2ccccc12. The van der Waals surface area contributed by atoms with Crippen molar-refractivity contribution in [3.8, 4) is 0 Å². The van der Waals surface area contributed by atoms with E-state index in [1.807, 2.05) is 6.07 Å². The van der Waals surface area contributed by atoms with Crippen LogP contribution in [-0.2, 0) is 0 Å². The minimum absolute atomic E-state index is 0.540. The molecule has 3 rings (SSSR count). The molecular formula is C16H22N4. The van der Waals surface area contributed by atoms with E-state index in [-0.39, 0.29) is 0 Å². The van der Waals surface area contributed by atoms with Gasteiger partial charge in [-0.15, -0.1) is 0 Å². The van der Waals surface area contributed by atoms with E-state index in [9.17, 15) is 0 Å². The number of benzene rings is 1. The molecule has 0 amide bonds. The van der Waals surface area contributed by atoms with Crippen LogP contribution in [0.25, 0.3) is 10.9 Å². The molecule has 2 aromatic rings. The van der Waals surface area contributed by atoms with Crippen LogP contribution in [0.5, 0.6) is 0 Å². The molecule has 1 aromatic heterocycles. The van der Waals surface area contributed by atoms with Crippen molar-refractivity contribution in [2.75, 3.05) is 37.8 Å². The highest BCUT2D eigenvalue weighted by Gasteiger charge is 2.27. The van der Waals surface area contributed by atoms with E-state index >= 15 is 0 Å².